The maximum atomic E-state index is 13.0. The topological polar surface area (TPSA) is 37.4 Å². The Bertz CT molecular complexity index is 825. The Labute approximate surface area is 138 Å². The first kappa shape index (κ1) is 16.0. The Balaban J connectivity index is 1.92. The first-order valence-corrected chi connectivity index (χ1v) is 9.25. The van der Waals surface area contributed by atoms with E-state index >= 15 is 0 Å². The molecule has 0 radical (unpaired) electrons. The van der Waals surface area contributed by atoms with E-state index in [0.29, 0.717) is 11.3 Å². The molecule has 1 atom stereocenters. The quantitative estimate of drug-likeness (QED) is 0.851. The lowest BCUT2D eigenvalue weighted by atomic mass is 9.98. The van der Waals surface area contributed by atoms with Crippen LogP contribution in [0.5, 0.6) is 0 Å². The van der Waals surface area contributed by atoms with Gasteiger partial charge in [-0.25, -0.2) is 8.42 Å². The summed E-state index contributed by atoms with van der Waals surface area (Å²) in [6.45, 7) is 1.92. The SMILES string of the molecule is CC(c1ccccc1)N(C)S(=O)(=O)C1=Cc2ccccc2CC1. The highest BCUT2D eigenvalue weighted by Gasteiger charge is 2.29. The maximum absolute atomic E-state index is 13.0. The van der Waals surface area contributed by atoms with Crippen LogP contribution in [0.15, 0.2) is 59.5 Å². The van der Waals surface area contributed by atoms with Crippen molar-refractivity contribution < 1.29 is 8.42 Å². The molecule has 2 aromatic rings. The summed E-state index contributed by atoms with van der Waals surface area (Å²) < 4.78 is 27.4. The van der Waals surface area contributed by atoms with Crippen LogP contribution in [-0.2, 0) is 16.4 Å². The number of hydrogen-bond acceptors (Lipinski definition) is 2. The van der Waals surface area contributed by atoms with E-state index < -0.39 is 10.0 Å². The van der Waals surface area contributed by atoms with E-state index in [0.717, 1.165) is 17.5 Å². The van der Waals surface area contributed by atoms with Crippen molar-refractivity contribution >= 4 is 16.1 Å². The average Bonchev–Trinajstić information content (AvgIpc) is 2.60. The molecule has 2 aromatic carbocycles. The van der Waals surface area contributed by atoms with E-state index in [2.05, 4.69) is 6.07 Å². The number of benzene rings is 2. The maximum Gasteiger partial charge on any atom is 0.239 e. The molecule has 4 heteroatoms. The standard InChI is InChI=1S/C19H21NO2S/c1-15(16-8-4-3-5-9-16)20(2)23(21,22)19-13-12-17-10-6-7-11-18(17)14-19/h3-11,14-15H,12-13H2,1-2H3. The van der Waals surface area contributed by atoms with Crippen molar-refractivity contribution in [3.05, 3.63) is 76.2 Å². The highest BCUT2D eigenvalue weighted by molar-refractivity contribution is 7.93. The van der Waals surface area contributed by atoms with Gasteiger partial charge in [-0.05, 0) is 42.5 Å². The number of fused-ring (bicyclic) bond motifs is 1. The first-order chi connectivity index (χ1) is 11.0. The molecule has 1 unspecified atom stereocenters. The predicted molar refractivity (Wildman–Crippen MR) is 94.3 cm³/mol. The fourth-order valence-corrected chi connectivity index (χ4v) is 4.49. The molecule has 1 aliphatic rings. The highest BCUT2D eigenvalue weighted by Crippen LogP contribution is 2.31. The van der Waals surface area contributed by atoms with Crippen molar-refractivity contribution in [3.8, 4) is 0 Å². The molecule has 0 aliphatic heterocycles. The minimum Gasteiger partial charge on any atom is -0.207 e. The van der Waals surface area contributed by atoms with E-state index in [1.165, 1.54) is 9.87 Å². The van der Waals surface area contributed by atoms with Crippen LogP contribution in [0.25, 0.3) is 6.08 Å². The van der Waals surface area contributed by atoms with Crippen molar-refractivity contribution in [2.45, 2.75) is 25.8 Å². The molecule has 0 fully saturated rings. The summed E-state index contributed by atoms with van der Waals surface area (Å²) in [5.41, 5.74) is 3.22. The van der Waals surface area contributed by atoms with Crippen molar-refractivity contribution in [1.82, 2.24) is 4.31 Å². The molecule has 0 aromatic heterocycles. The number of nitrogens with zero attached hydrogens (tertiary/aromatic N) is 1. The fraction of sp³-hybridized carbons (Fsp3) is 0.263. The van der Waals surface area contributed by atoms with Crippen LogP contribution in [-0.4, -0.2) is 19.8 Å². The lowest BCUT2D eigenvalue weighted by Gasteiger charge is -2.27. The van der Waals surface area contributed by atoms with Gasteiger partial charge in [-0.15, -0.1) is 0 Å². The summed E-state index contributed by atoms with van der Waals surface area (Å²) in [4.78, 5) is 0.501. The number of aryl methyl sites for hydroxylation is 1. The summed E-state index contributed by atoms with van der Waals surface area (Å²) in [6.07, 6.45) is 3.16. The highest BCUT2D eigenvalue weighted by atomic mass is 32.2. The second kappa shape index (κ2) is 6.30. The van der Waals surface area contributed by atoms with Crippen LogP contribution in [0.2, 0.25) is 0 Å². The van der Waals surface area contributed by atoms with Gasteiger partial charge in [0.1, 0.15) is 0 Å². The molecule has 0 saturated carbocycles. The van der Waals surface area contributed by atoms with Gasteiger partial charge < -0.3 is 0 Å². The number of allylic oxidation sites excluding steroid dienone is 1. The van der Waals surface area contributed by atoms with Gasteiger partial charge in [-0.1, -0.05) is 54.6 Å². The molecule has 0 spiro atoms. The summed E-state index contributed by atoms with van der Waals surface area (Å²) in [6, 6.07) is 17.5. The van der Waals surface area contributed by atoms with Gasteiger partial charge in [-0.2, -0.15) is 4.31 Å². The summed E-state index contributed by atoms with van der Waals surface area (Å²) >= 11 is 0. The Morgan fingerprint density at radius 1 is 0.957 bits per heavy atom. The van der Waals surface area contributed by atoms with E-state index in [-0.39, 0.29) is 6.04 Å². The molecule has 3 rings (SSSR count). The smallest absolute Gasteiger partial charge is 0.207 e. The zero-order chi connectivity index (χ0) is 16.4. The zero-order valence-corrected chi connectivity index (χ0v) is 14.3. The molecule has 0 bridgehead atoms. The zero-order valence-electron chi connectivity index (χ0n) is 13.4. The lowest BCUT2D eigenvalue weighted by molar-refractivity contribution is 0.402. The van der Waals surface area contributed by atoms with Gasteiger partial charge in [0.15, 0.2) is 0 Å². The summed E-state index contributed by atoms with van der Waals surface area (Å²) in [5.74, 6) is 0. The summed E-state index contributed by atoms with van der Waals surface area (Å²) in [7, 11) is -1.80. The fourth-order valence-electron chi connectivity index (χ4n) is 2.94. The molecular formula is C19H21NO2S. The van der Waals surface area contributed by atoms with E-state index in [9.17, 15) is 8.42 Å². The normalized spacial score (nSPS) is 15.9. The first-order valence-electron chi connectivity index (χ1n) is 7.81. The summed E-state index contributed by atoms with van der Waals surface area (Å²) in [5, 5.41) is 0. The van der Waals surface area contributed by atoms with Crippen LogP contribution in [0, 0.1) is 0 Å². The number of sulfonamides is 1. The molecule has 1 aliphatic carbocycles. The van der Waals surface area contributed by atoms with Gasteiger partial charge in [0.25, 0.3) is 0 Å². The van der Waals surface area contributed by atoms with Crippen molar-refractivity contribution in [2.75, 3.05) is 7.05 Å². The average molecular weight is 327 g/mol. The van der Waals surface area contributed by atoms with Crippen LogP contribution in [0.1, 0.15) is 36.1 Å². The lowest BCUT2D eigenvalue weighted by Crippen LogP contribution is -2.31. The third kappa shape index (κ3) is 3.09. The molecule has 0 amide bonds. The number of hydrogen-bond donors (Lipinski definition) is 0. The third-order valence-electron chi connectivity index (χ3n) is 4.55. The van der Waals surface area contributed by atoms with Gasteiger partial charge in [0.2, 0.25) is 10.0 Å². The van der Waals surface area contributed by atoms with Crippen molar-refractivity contribution in [3.63, 3.8) is 0 Å². The molecular weight excluding hydrogens is 306 g/mol. The van der Waals surface area contributed by atoms with Crippen LogP contribution in [0.4, 0.5) is 0 Å². The van der Waals surface area contributed by atoms with Gasteiger partial charge >= 0.3 is 0 Å². The van der Waals surface area contributed by atoms with Crippen LogP contribution >= 0.6 is 0 Å². The Morgan fingerprint density at radius 3 is 2.35 bits per heavy atom. The van der Waals surface area contributed by atoms with E-state index in [4.69, 9.17) is 0 Å². The Kier molecular flexibility index (Phi) is 4.37. The van der Waals surface area contributed by atoms with Crippen LogP contribution in [0.3, 0.4) is 0 Å². The van der Waals surface area contributed by atoms with Crippen molar-refractivity contribution in [1.29, 1.82) is 0 Å². The van der Waals surface area contributed by atoms with Gasteiger partial charge in [0.05, 0.1) is 4.91 Å². The molecule has 0 heterocycles. The molecule has 23 heavy (non-hydrogen) atoms. The minimum absolute atomic E-state index is 0.195. The third-order valence-corrected chi connectivity index (χ3v) is 6.61. The second-order valence-electron chi connectivity index (χ2n) is 5.92. The number of rotatable bonds is 4. The largest absolute Gasteiger partial charge is 0.239 e. The molecule has 0 N–H and O–H groups in total. The van der Waals surface area contributed by atoms with Gasteiger partial charge in [0, 0.05) is 13.1 Å². The second-order valence-corrected chi connectivity index (χ2v) is 7.97. The van der Waals surface area contributed by atoms with Crippen LogP contribution < -0.4 is 0 Å². The van der Waals surface area contributed by atoms with E-state index in [1.54, 1.807) is 7.05 Å². The molecule has 3 nitrogen and oxygen atoms in total. The monoisotopic (exact) mass is 327 g/mol. The van der Waals surface area contributed by atoms with E-state index in [1.807, 2.05) is 61.5 Å². The van der Waals surface area contributed by atoms with Gasteiger partial charge in [-0.3, -0.25) is 0 Å². The van der Waals surface area contributed by atoms with Crippen molar-refractivity contribution in [2.24, 2.45) is 0 Å². The molecule has 0 saturated heterocycles. The Hall–Kier alpha value is -1.91. The minimum atomic E-state index is -3.46. The Morgan fingerprint density at radius 2 is 1.61 bits per heavy atom. The predicted octanol–water partition coefficient (Wildman–Crippen LogP) is 4.00. The molecule has 120 valence electrons.